The summed E-state index contributed by atoms with van der Waals surface area (Å²) in [6.45, 7) is 3.29. The minimum absolute atomic E-state index is 0.189. The largest absolute Gasteiger partial charge is 0.465 e. The highest BCUT2D eigenvalue weighted by molar-refractivity contribution is 7.11. The molecule has 0 radical (unpaired) electrons. The number of nitrogens with two attached hydrogens (primary N) is 1. The molecule has 2 rings (SSSR count). The van der Waals surface area contributed by atoms with Gasteiger partial charge in [0.1, 0.15) is 10.6 Å². The number of nitrogen functional groups attached to an aromatic ring is 1. The molecule has 2 aromatic rings. The molecule has 19 heavy (non-hydrogen) atoms. The van der Waals surface area contributed by atoms with Crippen molar-refractivity contribution in [2.24, 2.45) is 0 Å². The third-order valence-corrected chi connectivity index (χ3v) is 3.32. The zero-order valence-corrected chi connectivity index (χ0v) is 11.5. The zero-order chi connectivity index (χ0) is 13.8. The molecule has 0 aliphatic carbocycles. The number of ether oxygens (including phenoxy) is 1. The number of aryl methyl sites for hydroxylation is 1. The van der Waals surface area contributed by atoms with Gasteiger partial charge in [0, 0.05) is 12.7 Å². The predicted molar refractivity (Wildman–Crippen MR) is 73.3 cm³/mol. The average Bonchev–Trinajstić information content (AvgIpc) is 2.96. The number of carbonyl (C=O) groups excluding carboxylic acids is 1. The van der Waals surface area contributed by atoms with E-state index in [9.17, 15) is 4.79 Å². The molecule has 0 atom stereocenters. The van der Waals surface area contributed by atoms with E-state index in [1.807, 2.05) is 17.8 Å². The number of rotatable bonds is 5. The second-order valence-electron chi connectivity index (χ2n) is 3.97. The van der Waals surface area contributed by atoms with Gasteiger partial charge in [0.15, 0.2) is 5.82 Å². The number of anilines is 2. The van der Waals surface area contributed by atoms with Crippen molar-refractivity contribution in [3.8, 4) is 0 Å². The first-order chi connectivity index (χ1) is 9.11. The first kappa shape index (κ1) is 13.3. The van der Waals surface area contributed by atoms with Crippen LogP contribution in [0.5, 0.6) is 0 Å². The lowest BCUT2D eigenvalue weighted by Gasteiger charge is -2.06. The van der Waals surface area contributed by atoms with E-state index in [1.165, 1.54) is 7.11 Å². The molecule has 0 saturated carbocycles. The first-order valence-electron chi connectivity index (χ1n) is 5.68. The van der Waals surface area contributed by atoms with Crippen LogP contribution < -0.4 is 11.1 Å². The van der Waals surface area contributed by atoms with Crippen molar-refractivity contribution in [1.82, 2.24) is 14.2 Å². The number of carbonyl (C=O) groups is 1. The van der Waals surface area contributed by atoms with Gasteiger partial charge in [-0.15, -0.1) is 0 Å². The third kappa shape index (κ3) is 3.02. The lowest BCUT2D eigenvalue weighted by atomic mass is 10.3. The molecule has 0 aliphatic rings. The van der Waals surface area contributed by atoms with Crippen LogP contribution in [0.2, 0.25) is 0 Å². The van der Waals surface area contributed by atoms with Crippen molar-refractivity contribution in [2.75, 3.05) is 24.7 Å². The summed E-state index contributed by atoms with van der Waals surface area (Å²) < 4.78 is 10.4. The van der Waals surface area contributed by atoms with Gasteiger partial charge in [0.05, 0.1) is 19.9 Å². The number of aromatic nitrogens is 3. The number of esters is 1. The fourth-order valence-electron chi connectivity index (χ4n) is 1.60. The summed E-state index contributed by atoms with van der Waals surface area (Å²) in [5.74, 6) is -0.294. The summed E-state index contributed by atoms with van der Waals surface area (Å²) in [6.07, 6.45) is 3.74. The van der Waals surface area contributed by atoms with Crippen molar-refractivity contribution in [1.29, 1.82) is 0 Å². The topological polar surface area (TPSA) is 95.1 Å². The molecule has 0 bridgehead atoms. The van der Waals surface area contributed by atoms with E-state index < -0.39 is 5.97 Å². The predicted octanol–water partition coefficient (Wildman–Crippen LogP) is 1.13. The quantitative estimate of drug-likeness (QED) is 0.798. The van der Waals surface area contributed by atoms with Gasteiger partial charge in [-0.3, -0.25) is 4.68 Å². The molecule has 102 valence electrons. The Kier molecular flexibility index (Phi) is 4.00. The average molecular weight is 281 g/mol. The van der Waals surface area contributed by atoms with E-state index in [0.717, 1.165) is 17.1 Å². The van der Waals surface area contributed by atoms with Crippen molar-refractivity contribution in [2.45, 2.75) is 13.5 Å². The lowest BCUT2D eigenvalue weighted by molar-refractivity contribution is 0.0603. The molecular formula is C11H15N5O2S. The highest BCUT2D eigenvalue weighted by Crippen LogP contribution is 2.27. The number of methoxy groups -OCH3 is 1. The van der Waals surface area contributed by atoms with Crippen LogP contribution in [0, 0.1) is 6.92 Å². The Bertz CT molecular complexity index is 577. The van der Waals surface area contributed by atoms with Crippen LogP contribution in [0.4, 0.5) is 10.8 Å². The van der Waals surface area contributed by atoms with Gasteiger partial charge < -0.3 is 15.8 Å². The fourth-order valence-corrected chi connectivity index (χ4v) is 2.32. The van der Waals surface area contributed by atoms with Crippen LogP contribution in [0.25, 0.3) is 0 Å². The highest BCUT2D eigenvalue weighted by Gasteiger charge is 2.19. The van der Waals surface area contributed by atoms with E-state index >= 15 is 0 Å². The normalized spacial score (nSPS) is 10.4. The molecule has 2 aromatic heterocycles. The van der Waals surface area contributed by atoms with E-state index in [1.54, 1.807) is 6.20 Å². The van der Waals surface area contributed by atoms with Crippen molar-refractivity contribution < 1.29 is 9.53 Å². The maximum atomic E-state index is 11.6. The van der Waals surface area contributed by atoms with Gasteiger partial charge in [0.25, 0.3) is 0 Å². The van der Waals surface area contributed by atoms with Crippen LogP contribution in [0.15, 0.2) is 12.4 Å². The Morgan fingerprint density at radius 3 is 3.05 bits per heavy atom. The Morgan fingerprint density at radius 1 is 1.63 bits per heavy atom. The Hall–Kier alpha value is -2.09. The number of nitrogens with one attached hydrogen (secondary N) is 1. The van der Waals surface area contributed by atoms with Crippen LogP contribution in [0.1, 0.15) is 15.9 Å². The molecular weight excluding hydrogens is 266 g/mol. The van der Waals surface area contributed by atoms with Gasteiger partial charge in [-0.05, 0) is 24.0 Å². The Morgan fingerprint density at radius 2 is 2.42 bits per heavy atom. The molecule has 0 amide bonds. The van der Waals surface area contributed by atoms with Crippen LogP contribution in [0.3, 0.4) is 0 Å². The van der Waals surface area contributed by atoms with Crippen LogP contribution in [-0.4, -0.2) is 33.8 Å². The van der Waals surface area contributed by atoms with Crippen LogP contribution in [-0.2, 0) is 11.3 Å². The van der Waals surface area contributed by atoms with E-state index in [0.29, 0.717) is 23.7 Å². The summed E-state index contributed by atoms with van der Waals surface area (Å²) in [7, 11) is 1.32. The molecule has 2 heterocycles. The molecule has 0 saturated heterocycles. The summed E-state index contributed by atoms with van der Waals surface area (Å²) in [4.78, 5) is 11.6. The maximum absolute atomic E-state index is 11.6. The van der Waals surface area contributed by atoms with Crippen molar-refractivity contribution in [3.05, 3.63) is 23.5 Å². The van der Waals surface area contributed by atoms with Gasteiger partial charge in [-0.2, -0.15) is 9.47 Å². The minimum atomic E-state index is -0.483. The van der Waals surface area contributed by atoms with E-state index in [4.69, 9.17) is 5.73 Å². The summed E-state index contributed by atoms with van der Waals surface area (Å²) in [6, 6.07) is 0. The van der Waals surface area contributed by atoms with Gasteiger partial charge >= 0.3 is 5.97 Å². The zero-order valence-electron chi connectivity index (χ0n) is 10.7. The molecule has 0 unspecified atom stereocenters. The molecule has 0 aromatic carbocycles. The maximum Gasteiger partial charge on any atom is 0.344 e. The summed E-state index contributed by atoms with van der Waals surface area (Å²) >= 11 is 1.14. The molecule has 3 N–H and O–H groups in total. The van der Waals surface area contributed by atoms with Crippen molar-refractivity contribution in [3.63, 3.8) is 0 Å². The highest BCUT2D eigenvalue weighted by atomic mass is 32.1. The number of nitrogens with zero attached hydrogens (tertiary/aromatic N) is 3. The summed E-state index contributed by atoms with van der Waals surface area (Å²) in [5, 5.41) is 7.91. The van der Waals surface area contributed by atoms with Crippen LogP contribution >= 0.6 is 11.5 Å². The smallest absolute Gasteiger partial charge is 0.344 e. The van der Waals surface area contributed by atoms with Gasteiger partial charge in [-0.1, -0.05) is 0 Å². The second kappa shape index (κ2) is 5.70. The molecule has 0 aliphatic heterocycles. The number of hydrogen-bond donors (Lipinski definition) is 2. The minimum Gasteiger partial charge on any atom is -0.465 e. The lowest BCUT2D eigenvalue weighted by Crippen LogP contribution is -2.13. The van der Waals surface area contributed by atoms with Gasteiger partial charge in [0.2, 0.25) is 0 Å². The molecule has 8 heteroatoms. The molecule has 0 fully saturated rings. The third-order valence-electron chi connectivity index (χ3n) is 2.50. The van der Waals surface area contributed by atoms with Gasteiger partial charge in [-0.25, -0.2) is 4.79 Å². The summed E-state index contributed by atoms with van der Waals surface area (Å²) in [5.41, 5.74) is 7.05. The Labute approximate surface area is 114 Å². The second-order valence-corrected chi connectivity index (χ2v) is 4.74. The first-order valence-corrected chi connectivity index (χ1v) is 6.45. The molecule has 7 nitrogen and oxygen atoms in total. The SMILES string of the molecule is COC(=O)c1c(N)nsc1NCCn1cc(C)cn1. The van der Waals surface area contributed by atoms with E-state index in [2.05, 4.69) is 19.5 Å². The van der Waals surface area contributed by atoms with E-state index in [-0.39, 0.29) is 5.82 Å². The standard InChI is InChI=1S/C11H15N5O2S/c1-7-5-14-16(6-7)4-3-13-10-8(11(17)18-2)9(12)15-19-10/h5-6,13H,3-4H2,1-2H3,(H2,12,15). The number of hydrogen-bond acceptors (Lipinski definition) is 7. The van der Waals surface area contributed by atoms with Crippen molar-refractivity contribution >= 4 is 28.3 Å². The Balaban J connectivity index is 1.98. The monoisotopic (exact) mass is 281 g/mol. The molecule has 0 spiro atoms. The fraction of sp³-hybridized carbons (Fsp3) is 0.364.